The van der Waals surface area contributed by atoms with Crippen molar-refractivity contribution in [3.05, 3.63) is 23.5 Å². The number of carbonyl (C=O) groups excluding carboxylic acids is 1. The zero-order valence-corrected chi connectivity index (χ0v) is 12.5. The van der Waals surface area contributed by atoms with Gasteiger partial charge < -0.3 is 9.64 Å². The number of nitrogens with zero attached hydrogens (tertiary/aromatic N) is 2. The number of hydrogen-bond acceptors (Lipinski definition) is 2. The van der Waals surface area contributed by atoms with Crippen LogP contribution in [0.3, 0.4) is 0 Å². The van der Waals surface area contributed by atoms with Crippen molar-refractivity contribution in [2.45, 2.75) is 33.2 Å². The molecule has 1 atom stereocenters. The van der Waals surface area contributed by atoms with E-state index < -0.39 is 6.55 Å². The molecule has 1 aromatic heterocycles. The number of aromatic nitrogens is 1. The van der Waals surface area contributed by atoms with Crippen molar-refractivity contribution in [1.29, 1.82) is 0 Å². The van der Waals surface area contributed by atoms with Crippen LogP contribution in [0.5, 0.6) is 0 Å². The minimum atomic E-state index is -2.69. The van der Waals surface area contributed by atoms with E-state index in [0.717, 1.165) is 24.0 Å². The molecule has 0 N–H and O–H groups in total. The predicted octanol–water partition coefficient (Wildman–Crippen LogP) is 3.08. The van der Waals surface area contributed by atoms with Gasteiger partial charge in [-0.3, -0.25) is 9.36 Å². The molecule has 1 aromatic rings. The Balaban J connectivity index is 1.99. The van der Waals surface area contributed by atoms with Gasteiger partial charge in [0, 0.05) is 31.3 Å². The number of alkyl halides is 2. The largest absolute Gasteiger partial charge is 0.381 e. The van der Waals surface area contributed by atoms with Crippen LogP contribution < -0.4 is 0 Å². The van der Waals surface area contributed by atoms with E-state index in [2.05, 4.69) is 0 Å². The highest BCUT2D eigenvalue weighted by atomic mass is 19.3. The number of hydrogen-bond donors (Lipinski definition) is 0. The Labute approximate surface area is 123 Å². The van der Waals surface area contributed by atoms with Crippen LogP contribution in [0.25, 0.3) is 0 Å². The molecule has 0 saturated carbocycles. The Morgan fingerprint density at radius 1 is 1.48 bits per heavy atom. The minimum Gasteiger partial charge on any atom is -0.381 e. The van der Waals surface area contributed by atoms with Crippen molar-refractivity contribution in [2.75, 3.05) is 26.3 Å². The molecule has 0 bridgehead atoms. The van der Waals surface area contributed by atoms with E-state index in [-0.39, 0.29) is 11.6 Å². The zero-order chi connectivity index (χ0) is 15.4. The third-order valence-electron chi connectivity index (χ3n) is 3.81. The first-order valence-electron chi connectivity index (χ1n) is 7.37. The van der Waals surface area contributed by atoms with Crippen molar-refractivity contribution >= 4 is 5.91 Å². The van der Waals surface area contributed by atoms with Crippen LogP contribution in [-0.2, 0) is 4.74 Å². The zero-order valence-electron chi connectivity index (χ0n) is 12.5. The molecule has 1 aliphatic heterocycles. The van der Waals surface area contributed by atoms with E-state index >= 15 is 0 Å². The predicted molar refractivity (Wildman–Crippen MR) is 75.5 cm³/mol. The summed E-state index contributed by atoms with van der Waals surface area (Å²) in [5, 5.41) is 0. The molecular weight excluding hydrogens is 278 g/mol. The summed E-state index contributed by atoms with van der Waals surface area (Å²) in [6.07, 6.45) is 1.83. The average molecular weight is 300 g/mol. The highest BCUT2D eigenvalue weighted by Crippen LogP contribution is 2.23. The second-order valence-electron chi connectivity index (χ2n) is 5.49. The van der Waals surface area contributed by atoms with Gasteiger partial charge in [0.15, 0.2) is 0 Å². The van der Waals surface area contributed by atoms with Crippen molar-refractivity contribution < 1.29 is 18.3 Å². The molecule has 0 unspecified atom stereocenters. The van der Waals surface area contributed by atoms with E-state index in [1.165, 1.54) is 6.07 Å². The van der Waals surface area contributed by atoms with Crippen LogP contribution >= 0.6 is 0 Å². The van der Waals surface area contributed by atoms with E-state index in [1.807, 2.05) is 6.92 Å². The second-order valence-corrected chi connectivity index (χ2v) is 5.49. The molecule has 21 heavy (non-hydrogen) atoms. The lowest BCUT2D eigenvalue weighted by Gasteiger charge is -2.18. The van der Waals surface area contributed by atoms with Crippen molar-refractivity contribution in [1.82, 2.24) is 9.47 Å². The normalized spacial score (nSPS) is 18.7. The molecule has 0 spiro atoms. The van der Waals surface area contributed by atoms with Crippen LogP contribution in [0.1, 0.15) is 42.5 Å². The van der Waals surface area contributed by atoms with Crippen LogP contribution in [0, 0.1) is 12.8 Å². The van der Waals surface area contributed by atoms with Crippen molar-refractivity contribution in [2.24, 2.45) is 5.92 Å². The van der Waals surface area contributed by atoms with Crippen molar-refractivity contribution in [3.63, 3.8) is 0 Å². The highest BCUT2D eigenvalue weighted by Gasteiger charge is 2.30. The first kappa shape index (κ1) is 15.9. The molecule has 4 nitrogen and oxygen atoms in total. The number of rotatable bonds is 6. The van der Waals surface area contributed by atoms with E-state index in [1.54, 1.807) is 17.9 Å². The Morgan fingerprint density at radius 2 is 2.24 bits per heavy atom. The lowest BCUT2D eigenvalue weighted by molar-refractivity contribution is 0.0557. The quantitative estimate of drug-likeness (QED) is 0.757. The maximum Gasteiger partial charge on any atom is 0.319 e. The van der Waals surface area contributed by atoms with Gasteiger partial charge >= 0.3 is 6.55 Å². The number of halogens is 2. The third kappa shape index (κ3) is 3.61. The Hall–Kier alpha value is -1.43. The van der Waals surface area contributed by atoms with Gasteiger partial charge in [-0.2, -0.15) is 8.78 Å². The first-order chi connectivity index (χ1) is 10.0. The first-order valence-corrected chi connectivity index (χ1v) is 7.37. The van der Waals surface area contributed by atoms with E-state index in [4.69, 9.17) is 4.74 Å². The summed E-state index contributed by atoms with van der Waals surface area (Å²) in [5.41, 5.74) is 0.466. The molecular formula is C15H22F2N2O2. The van der Waals surface area contributed by atoms with Crippen molar-refractivity contribution in [3.8, 4) is 0 Å². The number of aryl methyl sites for hydroxylation is 1. The van der Waals surface area contributed by atoms with E-state index in [0.29, 0.717) is 31.3 Å². The highest BCUT2D eigenvalue weighted by molar-refractivity contribution is 5.93. The van der Waals surface area contributed by atoms with Crippen LogP contribution in [0.15, 0.2) is 12.1 Å². The van der Waals surface area contributed by atoms with Gasteiger partial charge in [0.1, 0.15) is 5.69 Å². The minimum absolute atomic E-state index is 0.0672. The van der Waals surface area contributed by atoms with E-state index in [9.17, 15) is 13.6 Å². The molecule has 2 rings (SSSR count). The SMILES string of the molecule is CCCOC[C@@H]1CCN(C(=O)c2ccc(C)n2C(F)F)C1. The maximum absolute atomic E-state index is 13.0. The Morgan fingerprint density at radius 3 is 2.90 bits per heavy atom. The fraction of sp³-hybridized carbons (Fsp3) is 0.667. The molecule has 1 amide bonds. The van der Waals surface area contributed by atoms with Crippen LogP contribution in [0.4, 0.5) is 8.78 Å². The van der Waals surface area contributed by atoms with Gasteiger partial charge in [0.25, 0.3) is 5.91 Å². The topological polar surface area (TPSA) is 34.5 Å². The molecule has 2 heterocycles. The van der Waals surface area contributed by atoms with Gasteiger partial charge in [-0.25, -0.2) is 0 Å². The lowest BCUT2D eigenvalue weighted by Crippen LogP contribution is -2.31. The second kappa shape index (κ2) is 7.02. The maximum atomic E-state index is 13.0. The molecule has 0 radical (unpaired) electrons. The molecule has 1 fully saturated rings. The summed E-state index contributed by atoms with van der Waals surface area (Å²) < 4.78 is 32.3. The van der Waals surface area contributed by atoms with Gasteiger partial charge in [-0.05, 0) is 31.9 Å². The summed E-state index contributed by atoms with van der Waals surface area (Å²) in [6.45, 7) is 3.47. The van der Waals surface area contributed by atoms with Gasteiger partial charge in [0.2, 0.25) is 0 Å². The molecule has 1 aliphatic rings. The fourth-order valence-electron chi connectivity index (χ4n) is 2.69. The van der Waals surface area contributed by atoms with Crippen LogP contribution in [-0.4, -0.2) is 41.7 Å². The summed E-state index contributed by atoms with van der Waals surface area (Å²) >= 11 is 0. The van der Waals surface area contributed by atoms with Crippen LogP contribution in [0.2, 0.25) is 0 Å². The number of carbonyl (C=O) groups is 1. The average Bonchev–Trinajstić information content (AvgIpc) is 3.05. The number of amides is 1. The van der Waals surface area contributed by atoms with Gasteiger partial charge in [-0.15, -0.1) is 0 Å². The summed E-state index contributed by atoms with van der Waals surface area (Å²) in [4.78, 5) is 14.0. The molecule has 0 aliphatic carbocycles. The Bertz CT molecular complexity index is 488. The fourth-order valence-corrected chi connectivity index (χ4v) is 2.69. The smallest absolute Gasteiger partial charge is 0.319 e. The molecule has 6 heteroatoms. The number of ether oxygens (including phenoxy) is 1. The van der Waals surface area contributed by atoms with Gasteiger partial charge in [0.05, 0.1) is 6.61 Å². The molecule has 1 saturated heterocycles. The summed E-state index contributed by atoms with van der Waals surface area (Å²) in [6, 6.07) is 3.03. The number of likely N-dealkylation sites (tertiary alicyclic amines) is 1. The lowest BCUT2D eigenvalue weighted by atomic mass is 10.1. The van der Waals surface area contributed by atoms with Gasteiger partial charge in [-0.1, -0.05) is 6.92 Å². The molecule has 118 valence electrons. The molecule has 0 aromatic carbocycles. The summed E-state index contributed by atoms with van der Waals surface area (Å²) in [5.74, 6) is -0.0158. The monoisotopic (exact) mass is 300 g/mol. The summed E-state index contributed by atoms with van der Waals surface area (Å²) in [7, 11) is 0. The third-order valence-corrected chi connectivity index (χ3v) is 3.81. The standard InChI is InChI=1S/C15H22F2N2O2/c1-3-8-21-10-12-6-7-18(9-12)14(20)13-5-4-11(2)19(13)15(16)17/h4-5,12,15H,3,6-10H2,1-2H3/t12-/m1/s1. The Kier molecular flexibility index (Phi) is 5.33.